The van der Waals surface area contributed by atoms with Crippen LogP contribution in [0.1, 0.15) is 17.0 Å². The molecule has 8 heteroatoms. The number of thioether (sulfide) groups is 1. The zero-order valence-corrected chi connectivity index (χ0v) is 18.8. The van der Waals surface area contributed by atoms with Crippen molar-refractivity contribution in [2.75, 3.05) is 0 Å². The highest BCUT2D eigenvalue weighted by atomic mass is 32.2. The third-order valence-corrected chi connectivity index (χ3v) is 6.26. The summed E-state index contributed by atoms with van der Waals surface area (Å²) < 4.78 is 21.2. The van der Waals surface area contributed by atoms with Crippen LogP contribution in [0.3, 0.4) is 0 Å². The summed E-state index contributed by atoms with van der Waals surface area (Å²) in [6, 6.07) is 19.6. The predicted octanol–water partition coefficient (Wildman–Crippen LogP) is 5.48. The van der Waals surface area contributed by atoms with Crippen LogP contribution in [0.2, 0.25) is 0 Å². The second-order valence-corrected chi connectivity index (χ2v) is 8.54. The molecule has 3 aromatic carbocycles. The van der Waals surface area contributed by atoms with Crippen molar-refractivity contribution in [2.24, 2.45) is 0 Å². The Hall–Kier alpha value is -3.78. The fraction of sp³-hybridized carbons (Fsp3) is 0.120. The molecule has 0 aliphatic carbocycles. The smallest absolute Gasteiger partial charge is 0.266 e. The van der Waals surface area contributed by atoms with Gasteiger partial charge >= 0.3 is 0 Å². The van der Waals surface area contributed by atoms with Crippen LogP contribution in [0.4, 0.5) is 4.39 Å². The predicted molar refractivity (Wildman–Crippen MR) is 126 cm³/mol. The molecule has 6 nitrogen and oxygen atoms in total. The maximum atomic E-state index is 14.3. The van der Waals surface area contributed by atoms with Gasteiger partial charge in [-0.15, -0.1) is 0 Å². The van der Waals surface area contributed by atoms with E-state index in [9.17, 15) is 9.18 Å². The summed E-state index contributed by atoms with van der Waals surface area (Å²) in [6.07, 6.45) is 0. The first-order chi connectivity index (χ1) is 16.0. The Morgan fingerprint density at radius 3 is 2.58 bits per heavy atom. The number of fused-ring (bicyclic) bond motifs is 1. The average molecular weight is 459 g/mol. The molecule has 0 N–H and O–H groups in total. The van der Waals surface area contributed by atoms with Crippen LogP contribution < -0.4 is 5.56 Å². The number of hydrogen-bond donors (Lipinski definition) is 0. The summed E-state index contributed by atoms with van der Waals surface area (Å²) in [5, 5.41) is 4.97. The van der Waals surface area contributed by atoms with E-state index in [2.05, 4.69) is 15.1 Å². The summed E-state index contributed by atoms with van der Waals surface area (Å²) in [5.41, 5.74) is 3.16. The number of para-hydroxylation sites is 1. The molecule has 0 aliphatic rings. The molecule has 2 heterocycles. The molecule has 0 unspecified atom stereocenters. The van der Waals surface area contributed by atoms with Crippen LogP contribution in [-0.4, -0.2) is 19.7 Å². The minimum Gasteiger partial charge on any atom is -0.338 e. The maximum Gasteiger partial charge on any atom is 0.266 e. The lowest BCUT2D eigenvalue weighted by atomic mass is 10.1. The highest BCUT2D eigenvalue weighted by Crippen LogP contribution is 2.26. The van der Waals surface area contributed by atoms with Crippen LogP contribution in [0.15, 0.2) is 81.2 Å². The maximum absolute atomic E-state index is 14.3. The van der Waals surface area contributed by atoms with Crippen molar-refractivity contribution >= 4 is 22.7 Å². The van der Waals surface area contributed by atoms with Crippen LogP contribution >= 0.6 is 11.8 Å². The van der Waals surface area contributed by atoms with Crippen LogP contribution in [-0.2, 0) is 5.75 Å². The number of hydrogen-bond acceptors (Lipinski definition) is 6. The van der Waals surface area contributed by atoms with Crippen molar-refractivity contribution < 1.29 is 8.91 Å². The van der Waals surface area contributed by atoms with Gasteiger partial charge in [-0.3, -0.25) is 9.36 Å². The van der Waals surface area contributed by atoms with E-state index in [4.69, 9.17) is 4.52 Å². The van der Waals surface area contributed by atoms with Crippen LogP contribution in [0.5, 0.6) is 0 Å². The summed E-state index contributed by atoms with van der Waals surface area (Å²) in [4.78, 5) is 22.5. The molecule has 0 saturated heterocycles. The van der Waals surface area contributed by atoms with Crippen molar-refractivity contribution in [3.05, 3.63) is 99.9 Å². The van der Waals surface area contributed by atoms with Crippen LogP contribution in [0.25, 0.3) is 28.0 Å². The van der Waals surface area contributed by atoms with Gasteiger partial charge in [0.25, 0.3) is 5.56 Å². The quantitative estimate of drug-likeness (QED) is 0.256. The standard InChI is InChI=1S/C25H19FN4O2S/c1-15-7-3-4-8-18(15)23-28-22(32-29-23)14-33-25-27-21-10-6-5-9-19(21)24(31)30(25)17-12-11-16(2)20(26)13-17/h3-13H,14H2,1-2H3. The van der Waals surface area contributed by atoms with Gasteiger partial charge in [0.15, 0.2) is 5.16 Å². The van der Waals surface area contributed by atoms with Crippen LogP contribution in [0, 0.1) is 19.7 Å². The highest BCUT2D eigenvalue weighted by molar-refractivity contribution is 7.98. The van der Waals surface area contributed by atoms with Gasteiger partial charge < -0.3 is 4.52 Å². The third-order valence-electron chi connectivity index (χ3n) is 5.34. The van der Waals surface area contributed by atoms with Gasteiger partial charge in [0.2, 0.25) is 11.7 Å². The molecule has 0 bridgehead atoms. The Kier molecular flexibility index (Phi) is 5.51. The topological polar surface area (TPSA) is 73.8 Å². The number of nitrogens with zero attached hydrogens (tertiary/aromatic N) is 4. The Morgan fingerprint density at radius 1 is 0.970 bits per heavy atom. The van der Waals surface area contributed by atoms with Gasteiger partial charge in [-0.2, -0.15) is 4.98 Å². The van der Waals surface area contributed by atoms with Crippen molar-refractivity contribution in [2.45, 2.75) is 24.8 Å². The molecule has 164 valence electrons. The fourth-order valence-corrected chi connectivity index (χ4v) is 4.38. The molecule has 0 amide bonds. The molecule has 0 atom stereocenters. The first kappa shape index (κ1) is 21.1. The second-order valence-electron chi connectivity index (χ2n) is 7.60. The number of halogens is 1. The van der Waals surface area contributed by atoms with Gasteiger partial charge in [0.05, 0.1) is 22.3 Å². The third kappa shape index (κ3) is 4.05. The average Bonchev–Trinajstić information content (AvgIpc) is 3.29. The minimum atomic E-state index is -0.386. The van der Waals surface area contributed by atoms with Gasteiger partial charge in [-0.05, 0) is 49.2 Å². The van der Waals surface area contributed by atoms with Crippen molar-refractivity contribution in [3.63, 3.8) is 0 Å². The Labute approximate surface area is 193 Å². The molecule has 5 aromatic rings. The molecule has 0 spiro atoms. The first-order valence-electron chi connectivity index (χ1n) is 10.3. The Bertz CT molecular complexity index is 1540. The molecule has 0 radical (unpaired) electrons. The molecular formula is C25H19FN4O2S. The molecular weight excluding hydrogens is 439 g/mol. The van der Waals surface area contributed by atoms with E-state index in [0.717, 1.165) is 11.1 Å². The summed E-state index contributed by atoms with van der Waals surface area (Å²) >= 11 is 1.28. The van der Waals surface area contributed by atoms with Gasteiger partial charge in [-0.25, -0.2) is 9.37 Å². The van der Waals surface area contributed by atoms with E-state index in [1.165, 1.54) is 22.4 Å². The van der Waals surface area contributed by atoms with E-state index in [1.54, 1.807) is 37.3 Å². The van der Waals surface area contributed by atoms with Gasteiger partial charge in [0.1, 0.15) is 5.82 Å². The normalized spacial score (nSPS) is 11.2. The first-order valence-corrected chi connectivity index (χ1v) is 11.3. The van der Waals surface area contributed by atoms with E-state index in [1.807, 2.05) is 37.3 Å². The van der Waals surface area contributed by atoms with E-state index < -0.39 is 0 Å². The number of aryl methyl sites for hydroxylation is 2. The summed E-state index contributed by atoms with van der Waals surface area (Å²) in [7, 11) is 0. The summed E-state index contributed by atoms with van der Waals surface area (Å²) in [6.45, 7) is 3.66. The lowest BCUT2D eigenvalue weighted by Crippen LogP contribution is -2.22. The molecule has 0 saturated carbocycles. The van der Waals surface area contributed by atoms with E-state index in [-0.39, 0.29) is 11.4 Å². The Balaban J connectivity index is 1.53. The number of rotatable bonds is 5. The molecule has 33 heavy (non-hydrogen) atoms. The fourth-order valence-electron chi connectivity index (χ4n) is 3.53. The van der Waals surface area contributed by atoms with Gasteiger partial charge in [0, 0.05) is 5.56 Å². The monoisotopic (exact) mass is 458 g/mol. The van der Waals surface area contributed by atoms with Crippen molar-refractivity contribution in [1.29, 1.82) is 0 Å². The summed E-state index contributed by atoms with van der Waals surface area (Å²) in [5.74, 6) is 0.830. The Morgan fingerprint density at radius 2 is 1.76 bits per heavy atom. The van der Waals surface area contributed by atoms with Gasteiger partial charge in [-0.1, -0.05) is 59.4 Å². The molecule has 2 aromatic heterocycles. The molecule has 0 aliphatic heterocycles. The van der Waals surface area contributed by atoms with Crippen molar-refractivity contribution in [1.82, 2.24) is 19.7 Å². The minimum absolute atomic E-state index is 0.266. The molecule has 0 fully saturated rings. The zero-order chi connectivity index (χ0) is 22.9. The second kappa shape index (κ2) is 8.63. The van der Waals surface area contributed by atoms with E-state index >= 15 is 0 Å². The number of aromatic nitrogens is 4. The lowest BCUT2D eigenvalue weighted by molar-refractivity contribution is 0.391. The molecule has 5 rings (SSSR count). The highest BCUT2D eigenvalue weighted by Gasteiger charge is 2.17. The van der Waals surface area contributed by atoms with E-state index in [0.29, 0.717) is 44.8 Å². The number of benzene rings is 3. The van der Waals surface area contributed by atoms with Crippen molar-refractivity contribution in [3.8, 4) is 17.1 Å². The lowest BCUT2D eigenvalue weighted by Gasteiger charge is -2.13. The SMILES string of the molecule is Cc1ccc(-n2c(SCc3nc(-c4ccccc4C)no3)nc3ccccc3c2=O)cc1F. The zero-order valence-electron chi connectivity index (χ0n) is 17.9. The largest absolute Gasteiger partial charge is 0.338 e.